The number of ether oxygens (including phenoxy) is 3. The van der Waals surface area contributed by atoms with Crippen molar-refractivity contribution in [3.63, 3.8) is 0 Å². The number of hydrogen-bond donors (Lipinski definition) is 1. The summed E-state index contributed by atoms with van der Waals surface area (Å²) in [6.07, 6.45) is 0. The summed E-state index contributed by atoms with van der Waals surface area (Å²) in [5.41, 5.74) is 3.74. The van der Waals surface area contributed by atoms with Crippen LogP contribution in [0.2, 0.25) is 0 Å². The van der Waals surface area contributed by atoms with Gasteiger partial charge in [0.1, 0.15) is 11.5 Å². The Kier molecular flexibility index (Phi) is 5.54. The molecule has 0 spiro atoms. The van der Waals surface area contributed by atoms with E-state index in [0.29, 0.717) is 0 Å². The van der Waals surface area contributed by atoms with E-state index >= 15 is 0 Å². The van der Waals surface area contributed by atoms with Crippen molar-refractivity contribution in [1.82, 2.24) is 0 Å². The van der Waals surface area contributed by atoms with E-state index in [-0.39, 0.29) is 5.75 Å². The summed E-state index contributed by atoms with van der Waals surface area (Å²) < 4.78 is 20.0. The van der Waals surface area contributed by atoms with Crippen LogP contribution in [0.15, 0.2) is 84.9 Å². The van der Waals surface area contributed by atoms with Crippen LogP contribution in [0, 0.1) is 0 Å². The van der Waals surface area contributed by atoms with Crippen molar-refractivity contribution in [3.05, 3.63) is 96.1 Å². The molecule has 1 N–H and O–H groups in total. The fraction of sp³-hybridized carbons (Fsp3) is 0.143. The lowest BCUT2D eigenvalue weighted by Crippen LogP contribution is -2.33. The average Bonchev–Trinajstić information content (AvgIpc) is 3.25. The van der Waals surface area contributed by atoms with Crippen LogP contribution in [0.3, 0.4) is 0 Å². The molecule has 0 atom stereocenters. The predicted molar refractivity (Wildman–Crippen MR) is 134 cm³/mol. The van der Waals surface area contributed by atoms with Gasteiger partial charge in [0.2, 0.25) is 5.79 Å². The maximum atomic E-state index is 9.94. The van der Waals surface area contributed by atoms with Gasteiger partial charge in [-0.3, -0.25) is 0 Å². The van der Waals surface area contributed by atoms with E-state index in [1.165, 1.54) is 14.8 Å². The molecule has 0 fully saturated rings. The summed E-state index contributed by atoms with van der Waals surface area (Å²) in [6.45, 7) is 0. The van der Waals surface area contributed by atoms with Gasteiger partial charge in [-0.15, -0.1) is 11.3 Å². The van der Waals surface area contributed by atoms with Crippen molar-refractivity contribution in [2.45, 2.75) is 5.79 Å². The van der Waals surface area contributed by atoms with Gasteiger partial charge in [0.25, 0.3) is 0 Å². The van der Waals surface area contributed by atoms with Crippen molar-refractivity contribution in [2.24, 2.45) is 0 Å². The van der Waals surface area contributed by atoms with Gasteiger partial charge in [-0.1, -0.05) is 36.4 Å². The maximum absolute atomic E-state index is 9.94. The largest absolute Gasteiger partial charge is 0.508 e. The summed E-state index contributed by atoms with van der Waals surface area (Å²) in [5, 5.41) is 12.3. The number of aromatic hydroxyl groups is 1. The molecular formula is C28H24O4S. The molecule has 4 aromatic carbocycles. The zero-order valence-corrected chi connectivity index (χ0v) is 19.5. The molecule has 4 nitrogen and oxygen atoms in total. The van der Waals surface area contributed by atoms with Crippen LogP contribution in [0.5, 0.6) is 11.5 Å². The fourth-order valence-electron chi connectivity index (χ4n) is 4.52. The molecule has 0 bridgehead atoms. The Bertz CT molecular complexity index is 1410. The Labute approximate surface area is 196 Å². The normalized spacial score (nSPS) is 11.8. The lowest BCUT2D eigenvalue weighted by Gasteiger charge is -2.34. The third kappa shape index (κ3) is 3.45. The molecule has 5 rings (SSSR count). The molecular weight excluding hydrogens is 432 g/mol. The van der Waals surface area contributed by atoms with E-state index in [0.717, 1.165) is 33.4 Å². The Balaban J connectivity index is 1.89. The van der Waals surface area contributed by atoms with Gasteiger partial charge in [-0.25, -0.2) is 0 Å². The highest BCUT2D eigenvalue weighted by Crippen LogP contribution is 2.47. The average molecular weight is 457 g/mol. The number of thiophene rings is 1. The highest BCUT2D eigenvalue weighted by atomic mass is 32.1. The highest BCUT2D eigenvalue weighted by Gasteiger charge is 2.38. The van der Waals surface area contributed by atoms with Gasteiger partial charge in [0, 0.05) is 45.5 Å². The molecule has 0 aliphatic carbocycles. The van der Waals surface area contributed by atoms with Crippen LogP contribution >= 0.6 is 11.3 Å². The van der Waals surface area contributed by atoms with E-state index in [9.17, 15) is 5.11 Å². The topological polar surface area (TPSA) is 47.9 Å². The third-order valence-electron chi connectivity index (χ3n) is 6.10. The van der Waals surface area contributed by atoms with Gasteiger partial charge < -0.3 is 19.3 Å². The van der Waals surface area contributed by atoms with Crippen LogP contribution in [0.4, 0.5) is 0 Å². The first-order valence-electron chi connectivity index (χ1n) is 10.6. The van der Waals surface area contributed by atoms with Crippen LogP contribution in [-0.4, -0.2) is 26.4 Å². The van der Waals surface area contributed by atoms with Gasteiger partial charge >= 0.3 is 0 Å². The van der Waals surface area contributed by atoms with E-state index < -0.39 is 5.79 Å². The third-order valence-corrected chi connectivity index (χ3v) is 7.23. The quantitative estimate of drug-likeness (QED) is 0.282. The number of hydrogen-bond acceptors (Lipinski definition) is 5. The Morgan fingerprint density at radius 1 is 0.727 bits per heavy atom. The molecule has 5 aromatic rings. The predicted octanol–water partition coefficient (Wildman–Crippen LogP) is 6.93. The van der Waals surface area contributed by atoms with Crippen molar-refractivity contribution in [3.8, 4) is 22.6 Å². The Hall–Kier alpha value is -3.38. The standard InChI is InChI=1S/C28H24O4S/c1-30-21-14-10-19(11-15-21)28(31-2,32-3)23-16-17-25-27(22-6-4-5-7-24(22)33-25)26(23)18-8-12-20(29)13-9-18/h4-17,29H,1-3H3. The molecule has 1 heterocycles. The monoisotopic (exact) mass is 456 g/mol. The van der Waals surface area contributed by atoms with Crippen LogP contribution in [-0.2, 0) is 15.3 Å². The second-order valence-corrected chi connectivity index (χ2v) is 8.84. The van der Waals surface area contributed by atoms with Crippen molar-refractivity contribution in [2.75, 3.05) is 21.3 Å². The van der Waals surface area contributed by atoms with Crippen LogP contribution in [0.1, 0.15) is 11.1 Å². The first-order valence-corrected chi connectivity index (χ1v) is 11.4. The summed E-state index contributed by atoms with van der Waals surface area (Å²) in [6, 6.07) is 27.6. The molecule has 0 radical (unpaired) electrons. The molecule has 0 saturated heterocycles. The van der Waals surface area contributed by atoms with E-state index in [1.807, 2.05) is 36.4 Å². The van der Waals surface area contributed by atoms with Gasteiger partial charge in [-0.05, 0) is 59.7 Å². The van der Waals surface area contributed by atoms with Crippen molar-refractivity contribution in [1.29, 1.82) is 0 Å². The first-order chi connectivity index (χ1) is 16.1. The minimum Gasteiger partial charge on any atom is -0.508 e. The zero-order chi connectivity index (χ0) is 23.0. The number of phenols is 1. The van der Waals surface area contributed by atoms with Crippen LogP contribution in [0.25, 0.3) is 31.3 Å². The zero-order valence-electron chi connectivity index (χ0n) is 18.7. The summed E-state index contributed by atoms with van der Waals surface area (Å²) in [7, 11) is 4.96. The summed E-state index contributed by atoms with van der Waals surface area (Å²) in [5.74, 6) is -0.156. The molecule has 0 unspecified atom stereocenters. The fourth-order valence-corrected chi connectivity index (χ4v) is 5.64. The van der Waals surface area contributed by atoms with Gasteiger partial charge in [-0.2, -0.15) is 0 Å². The molecule has 33 heavy (non-hydrogen) atoms. The maximum Gasteiger partial charge on any atom is 0.222 e. The van der Waals surface area contributed by atoms with E-state index in [1.54, 1.807) is 44.8 Å². The molecule has 0 aliphatic rings. The minimum absolute atomic E-state index is 0.225. The number of benzene rings is 4. The van der Waals surface area contributed by atoms with Crippen molar-refractivity contribution >= 4 is 31.5 Å². The lowest BCUT2D eigenvalue weighted by molar-refractivity contribution is -0.183. The molecule has 0 saturated carbocycles. The second kappa shape index (κ2) is 8.52. The molecule has 0 aliphatic heterocycles. The number of phenolic OH excluding ortho intramolecular Hbond substituents is 1. The first kappa shape index (κ1) is 21.5. The Morgan fingerprint density at radius 2 is 1.42 bits per heavy atom. The second-order valence-electron chi connectivity index (χ2n) is 7.76. The number of fused-ring (bicyclic) bond motifs is 3. The molecule has 5 heteroatoms. The summed E-state index contributed by atoms with van der Waals surface area (Å²) >= 11 is 1.76. The Morgan fingerprint density at radius 3 is 2.09 bits per heavy atom. The highest BCUT2D eigenvalue weighted by molar-refractivity contribution is 7.25. The van der Waals surface area contributed by atoms with E-state index in [4.69, 9.17) is 14.2 Å². The summed E-state index contributed by atoms with van der Waals surface area (Å²) in [4.78, 5) is 0. The van der Waals surface area contributed by atoms with Gasteiger partial charge in [0.05, 0.1) is 7.11 Å². The lowest BCUT2D eigenvalue weighted by atomic mass is 9.87. The smallest absolute Gasteiger partial charge is 0.222 e. The van der Waals surface area contributed by atoms with Gasteiger partial charge in [0.15, 0.2) is 0 Å². The molecule has 1 aromatic heterocycles. The molecule has 166 valence electrons. The minimum atomic E-state index is -1.14. The SMILES string of the molecule is COc1ccc(C(OC)(OC)c2ccc3sc4ccccc4c3c2-c2ccc(O)cc2)cc1. The number of methoxy groups -OCH3 is 3. The van der Waals surface area contributed by atoms with Crippen molar-refractivity contribution < 1.29 is 19.3 Å². The van der Waals surface area contributed by atoms with Crippen LogP contribution < -0.4 is 4.74 Å². The van der Waals surface area contributed by atoms with E-state index in [2.05, 4.69) is 36.4 Å². The number of rotatable bonds is 6. The molecule has 0 amide bonds.